The van der Waals surface area contributed by atoms with Crippen molar-refractivity contribution in [2.24, 2.45) is 22.9 Å². The molecular weight excluding hydrogens is 866 g/mol. The lowest BCUT2D eigenvalue weighted by atomic mass is 9.55. The number of non-ortho nitro benzene ring substituents is 1. The molecule has 2 N–H and O–H groups in total. The van der Waals surface area contributed by atoms with Gasteiger partial charge in [0.05, 0.1) is 23.2 Å². The van der Waals surface area contributed by atoms with Crippen LogP contribution in [0.4, 0.5) is 10.1 Å². The maximum atomic E-state index is 15.1. The van der Waals surface area contributed by atoms with Crippen molar-refractivity contribution in [3.05, 3.63) is 172 Å². The monoisotopic (exact) mass is 923 g/mol. The molecule has 1 saturated carbocycles. The standard InChI is InChI=1S/C55H58FN3O9/c1-3-31-65-55-51(58(36-38-15-21-42(56)22-16-38)52(62)28-19-37-17-23-43(24-18-37)59(63)64)35-49(57-66-4-2)47-33-41(13-7-9-29-60)46(14-8-10-30-61)53(54(47)55)48-34-45(26-27-50(48)68-55)67-44-25-20-39-11-5-6-12-40(39)32-44/h3,5-6,11-12,15-28,32-34,41,46,51,53-54,60-61H,1,4,7-10,13-14,29-31,35-36H2,2H3. The number of hydrogen-bond donors (Lipinski definition) is 2. The molecular formula is C55H58FN3O9. The fraction of sp³-hybridized carbons (Fsp3) is 0.345. The molecule has 12 nitrogen and oxygen atoms in total. The number of benzene rings is 5. The Kier molecular flexibility index (Phi) is 15.4. The number of hydrogen-bond acceptors (Lipinski definition) is 10. The van der Waals surface area contributed by atoms with E-state index in [4.69, 9.17) is 24.2 Å². The summed E-state index contributed by atoms with van der Waals surface area (Å²) in [4.78, 5) is 33.6. The number of unbranched alkanes of at least 4 members (excludes halogenated alkanes) is 2. The molecule has 1 aliphatic heterocycles. The van der Waals surface area contributed by atoms with Crippen LogP contribution in [0.3, 0.4) is 0 Å². The number of aliphatic hydroxyl groups excluding tert-OH is 2. The highest BCUT2D eigenvalue weighted by Crippen LogP contribution is 2.62. The zero-order chi connectivity index (χ0) is 47.6. The molecule has 3 aliphatic rings. The third-order valence-electron chi connectivity index (χ3n) is 13.4. The first-order chi connectivity index (χ1) is 33.2. The van der Waals surface area contributed by atoms with Crippen molar-refractivity contribution in [1.29, 1.82) is 0 Å². The Labute approximate surface area is 396 Å². The minimum Gasteiger partial charge on any atom is -0.459 e. The van der Waals surface area contributed by atoms with Gasteiger partial charge in [0, 0.05) is 55.9 Å². The lowest BCUT2D eigenvalue weighted by Crippen LogP contribution is -2.70. The van der Waals surface area contributed by atoms with Crippen LogP contribution in [0.15, 0.2) is 145 Å². The maximum absolute atomic E-state index is 15.1. The van der Waals surface area contributed by atoms with E-state index in [0.29, 0.717) is 53.5 Å². The van der Waals surface area contributed by atoms with E-state index < -0.39 is 34.4 Å². The molecule has 1 amide bonds. The minimum atomic E-state index is -1.55. The van der Waals surface area contributed by atoms with Gasteiger partial charge in [-0.05, 0) is 133 Å². The summed E-state index contributed by atoms with van der Waals surface area (Å²) in [5.41, 5.74) is 3.59. The van der Waals surface area contributed by atoms with Gasteiger partial charge in [0.2, 0.25) is 11.7 Å². The van der Waals surface area contributed by atoms with Gasteiger partial charge in [0.15, 0.2) is 0 Å². The number of amides is 1. The van der Waals surface area contributed by atoms with Crippen molar-refractivity contribution in [1.82, 2.24) is 4.90 Å². The van der Waals surface area contributed by atoms with Crippen LogP contribution in [-0.4, -0.2) is 69.9 Å². The Morgan fingerprint density at radius 1 is 0.941 bits per heavy atom. The maximum Gasteiger partial charge on any atom is 0.269 e. The van der Waals surface area contributed by atoms with E-state index in [0.717, 1.165) is 47.6 Å². The average Bonchev–Trinajstić information content (AvgIpc) is 3.35. The molecule has 354 valence electrons. The van der Waals surface area contributed by atoms with E-state index in [2.05, 4.69) is 24.8 Å². The molecule has 0 saturated heterocycles. The number of rotatable bonds is 21. The molecule has 6 atom stereocenters. The number of carbonyl (C=O) groups excluding carboxylic acids is 1. The quantitative estimate of drug-likeness (QED) is 0.0241. The Morgan fingerprint density at radius 3 is 2.38 bits per heavy atom. The van der Waals surface area contributed by atoms with E-state index in [-0.39, 0.29) is 56.2 Å². The second-order valence-electron chi connectivity index (χ2n) is 17.6. The van der Waals surface area contributed by atoms with Crippen LogP contribution in [0.5, 0.6) is 17.2 Å². The molecule has 13 heteroatoms. The molecule has 0 aromatic heterocycles. The molecule has 5 aromatic carbocycles. The number of nitro benzene ring substituents is 1. The molecule has 5 aromatic rings. The van der Waals surface area contributed by atoms with Gasteiger partial charge in [-0.1, -0.05) is 72.6 Å². The predicted molar refractivity (Wildman–Crippen MR) is 260 cm³/mol. The second-order valence-corrected chi connectivity index (χ2v) is 17.6. The zero-order valence-corrected chi connectivity index (χ0v) is 38.3. The third kappa shape index (κ3) is 10.4. The molecule has 1 fully saturated rings. The van der Waals surface area contributed by atoms with Gasteiger partial charge in [-0.2, -0.15) is 0 Å². The van der Waals surface area contributed by atoms with E-state index in [1.165, 1.54) is 30.3 Å². The third-order valence-corrected chi connectivity index (χ3v) is 13.4. The minimum absolute atomic E-state index is 0.0188. The van der Waals surface area contributed by atoms with Gasteiger partial charge >= 0.3 is 0 Å². The lowest BCUT2D eigenvalue weighted by molar-refractivity contribution is -0.384. The van der Waals surface area contributed by atoms with Crippen LogP contribution in [0.1, 0.15) is 74.5 Å². The highest BCUT2D eigenvalue weighted by molar-refractivity contribution is 6.03. The largest absolute Gasteiger partial charge is 0.459 e. The summed E-state index contributed by atoms with van der Waals surface area (Å²) in [6.07, 6.45) is 11.5. The molecule has 8 rings (SSSR count). The summed E-state index contributed by atoms with van der Waals surface area (Å²) in [5.74, 6) is -1.39. The number of carbonyl (C=O) groups is 1. The van der Waals surface area contributed by atoms with Crippen molar-refractivity contribution in [3.8, 4) is 17.2 Å². The fourth-order valence-corrected chi connectivity index (χ4v) is 10.3. The summed E-state index contributed by atoms with van der Waals surface area (Å²) in [6, 6.07) is 31.0. The molecule has 68 heavy (non-hydrogen) atoms. The van der Waals surface area contributed by atoms with Crippen LogP contribution in [-0.2, 0) is 20.9 Å². The SMILES string of the molecule is C=CCOC12Oc3ccc(Oc4ccc5ccccc5c4)cc3C3C(CCCCO)C(CCCCO)C=C(C(=NOCC)CC1N(Cc1ccc(F)cc1)C(=O)C=Cc1ccc([N+](=O)[O-])cc1)C32. The van der Waals surface area contributed by atoms with Gasteiger partial charge in [-0.25, -0.2) is 4.39 Å². The first kappa shape index (κ1) is 47.8. The number of aliphatic hydroxyl groups is 2. The Hall–Kier alpha value is -6.67. The Morgan fingerprint density at radius 2 is 1.66 bits per heavy atom. The predicted octanol–water partition coefficient (Wildman–Crippen LogP) is 11.1. The van der Waals surface area contributed by atoms with Crippen molar-refractivity contribution < 1.29 is 43.4 Å². The first-order valence-electron chi connectivity index (χ1n) is 23.5. The van der Waals surface area contributed by atoms with Crippen LogP contribution >= 0.6 is 0 Å². The second kappa shape index (κ2) is 22.0. The molecule has 0 radical (unpaired) electrons. The van der Waals surface area contributed by atoms with Crippen molar-refractivity contribution >= 4 is 34.2 Å². The summed E-state index contributed by atoms with van der Waals surface area (Å²) >= 11 is 0. The van der Waals surface area contributed by atoms with Gasteiger partial charge in [-0.15, -0.1) is 6.58 Å². The number of nitrogens with zero attached hydrogens (tertiary/aromatic N) is 3. The topological polar surface area (TPSA) is 153 Å². The van der Waals surface area contributed by atoms with E-state index in [1.54, 1.807) is 41.3 Å². The lowest BCUT2D eigenvalue weighted by Gasteiger charge is -2.60. The summed E-state index contributed by atoms with van der Waals surface area (Å²) in [6.45, 7) is 6.41. The summed E-state index contributed by atoms with van der Waals surface area (Å²) < 4.78 is 35.6. The van der Waals surface area contributed by atoms with Crippen molar-refractivity contribution in [2.75, 3.05) is 26.4 Å². The number of halogens is 1. The van der Waals surface area contributed by atoms with Gasteiger partial charge < -0.3 is 34.2 Å². The number of fused-ring (bicyclic) bond motifs is 3. The smallest absolute Gasteiger partial charge is 0.269 e. The number of oxime groups is 1. The fourth-order valence-electron chi connectivity index (χ4n) is 10.3. The molecule has 2 aliphatic carbocycles. The molecule has 0 spiro atoms. The van der Waals surface area contributed by atoms with Crippen LogP contribution < -0.4 is 9.47 Å². The molecule has 6 unspecified atom stereocenters. The van der Waals surface area contributed by atoms with Gasteiger partial charge in [0.1, 0.15) is 35.7 Å². The van der Waals surface area contributed by atoms with Gasteiger partial charge in [-0.3, -0.25) is 14.9 Å². The van der Waals surface area contributed by atoms with Crippen LogP contribution in [0, 0.1) is 33.7 Å². The number of allylic oxidation sites excluding steroid dienone is 1. The van der Waals surface area contributed by atoms with E-state index in [1.807, 2.05) is 55.5 Å². The van der Waals surface area contributed by atoms with Crippen LogP contribution in [0.25, 0.3) is 16.8 Å². The first-order valence-corrected chi connectivity index (χ1v) is 23.5. The van der Waals surface area contributed by atoms with E-state index in [9.17, 15) is 24.7 Å². The van der Waals surface area contributed by atoms with Crippen molar-refractivity contribution in [2.45, 2.75) is 76.2 Å². The van der Waals surface area contributed by atoms with Crippen LogP contribution in [0.2, 0.25) is 0 Å². The average molecular weight is 924 g/mol. The normalized spacial score (nSPS) is 22.2. The highest BCUT2D eigenvalue weighted by atomic mass is 19.1. The number of nitro groups is 1. The van der Waals surface area contributed by atoms with Gasteiger partial charge in [0.25, 0.3) is 5.69 Å². The Balaban J connectivity index is 1.32. The summed E-state index contributed by atoms with van der Waals surface area (Å²) in [5, 5.41) is 38.3. The Bertz CT molecular complexity index is 2670. The number of ether oxygens (including phenoxy) is 3. The summed E-state index contributed by atoms with van der Waals surface area (Å²) in [7, 11) is 0. The van der Waals surface area contributed by atoms with Crippen molar-refractivity contribution in [3.63, 3.8) is 0 Å². The van der Waals surface area contributed by atoms with E-state index >= 15 is 4.79 Å². The highest BCUT2D eigenvalue weighted by Gasteiger charge is 2.65. The zero-order valence-electron chi connectivity index (χ0n) is 38.3. The molecule has 0 bridgehead atoms. The molecule has 1 heterocycles.